The van der Waals surface area contributed by atoms with Crippen LogP contribution in [-0.4, -0.2) is 92.8 Å². The Labute approximate surface area is 289 Å². The third-order valence-electron chi connectivity index (χ3n) is 10.2. The van der Waals surface area contributed by atoms with Crippen LogP contribution in [0.15, 0.2) is 35.4 Å². The lowest BCUT2D eigenvalue weighted by atomic mass is 9.82. The van der Waals surface area contributed by atoms with Gasteiger partial charge in [-0.1, -0.05) is 6.42 Å². The van der Waals surface area contributed by atoms with Crippen molar-refractivity contribution in [2.24, 2.45) is 0 Å². The highest BCUT2D eigenvalue weighted by molar-refractivity contribution is 5.99. The predicted molar refractivity (Wildman–Crippen MR) is 191 cm³/mol. The summed E-state index contributed by atoms with van der Waals surface area (Å²) in [7, 11) is 1.96. The summed E-state index contributed by atoms with van der Waals surface area (Å²) in [5.41, 5.74) is 4.05. The van der Waals surface area contributed by atoms with Crippen molar-refractivity contribution in [3.05, 3.63) is 68.9 Å². The average molecular weight is 676 g/mol. The van der Waals surface area contributed by atoms with Crippen LogP contribution in [0.4, 0.5) is 10.5 Å². The fraction of sp³-hybridized carbons (Fsp3) is 0.568. The minimum absolute atomic E-state index is 0.0787. The van der Waals surface area contributed by atoms with Crippen molar-refractivity contribution in [1.29, 1.82) is 0 Å². The monoisotopic (exact) mass is 675 g/mol. The number of ether oxygens (including phenoxy) is 1. The van der Waals surface area contributed by atoms with Gasteiger partial charge in [-0.3, -0.25) is 24.1 Å². The number of morpholine rings is 1. The number of anilines is 1. The number of aryl methyl sites for hydroxylation is 2. The maximum atomic E-state index is 14.0. The second-order valence-corrected chi connectivity index (χ2v) is 14.6. The first kappa shape index (κ1) is 36.1. The molecule has 1 aromatic carbocycles. The highest BCUT2D eigenvalue weighted by Gasteiger charge is 2.49. The fourth-order valence-electron chi connectivity index (χ4n) is 7.66. The molecule has 1 saturated heterocycles. The maximum absolute atomic E-state index is 14.0. The van der Waals surface area contributed by atoms with Crippen LogP contribution < -0.4 is 15.8 Å². The lowest BCUT2D eigenvalue weighted by molar-refractivity contribution is -0.00481. The van der Waals surface area contributed by atoms with E-state index >= 15 is 0 Å². The molecule has 0 bridgehead atoms. The van der Waals surface area contributed by atoms with Gasteiger partial charge in [-0.2, -0.15) is 5.10 Å². The van der Waals surface area contributed by atoms with Crippen LogP contribution in [0.3, 0.4) is 0 Å². The first-order chi connectivity index (χ1) is 23.2. The Balaban J connectivity index is 1.55. The number of aromatic amines is 1. The molecule has 1 aliphatic heterocycles. The summed E-state index contributed by atoms with van der Waals surface area (Å²) >= 11 is 0. The van der Waals surface area contributed by atoms with E-state index in [1.54, 1.807) is 4.90 Å². The Morgan fingerprint density at radius 1 is 1.04 bits per heavy atom. The molecule has 3 heterocycles. The number of rotatable bonds is 10. The molecule has 12 nitrogen and oxygen atoms in total. The van der Waals surface area contributed by atoms with E-state index in [9.17, 15) is 19.5 Å². The Bertz CT molecular complexity index is 1710. The number of benzene rings is 1. The molecule has 3 N–H and O–H groups in total. The SMILES string of the molecule is Cc1cc(C)c(CNC(=O)c2cc(-c3cnn(CCN4CCOCC4)c3)cc(N(C)C3(N(C(=O)O)C(C)(C)C)CCCCC3)c2C)c(=O)[nH]1. The molecular formula is C37H53N7O5. The third kappa shape index (κ3) is 7.86. The number of carbonyl (C=O) groups excluding carboxylic acids is 1. The van der Waals surface area contributed by atoms with Crippen LogP contribution in [0.2, 0.25) is 0 Å². The molecule has 2 fully saturated rings. The molecule has 1 aliphatic carbocycles. The lowest BCUT2D eigenvalue weighted by Gasteiger charge is -2.56. The van der Waals surface area contributed by atoms with E-state index in [0.717, 1.165) is 92.3 Å². The molecule has 266 valence electrons. The second-order valence-electron chi connectivity index (χ2n) is 14.6. The number of nitrogens with one attached hydrogen (secondary N) is 2. The minimum atomic E-state index is -0.965. The molecule has 1 saturated carbocycles. The molecule has 5 rings (SSSR count). The Morgan fingerprint density at radius 2 is 1.73 bits per heavy atom. The summed E-state index contributed by atoms with van der Waals surface area (Å²) in [6.07, 6.45) is 7.04. The number of carbonyl (C=O) groups is 2. The normalized spacial score (nSPS) is 16.7. The van der Waals surface area contributed by atoms with Gasteiger partial charge in [-0.25, -0.2) is 4.79 Å². The number of hydrogen-bond acceptors (Lipinski definition) is 7. The molecule has 2 aliphatic rings. The van der Waals surface area contributed by atoms with E-state index in [4.69, 9.17) is 4.74 Å². The first-order valence-electron chi connectivity index (χ1n) is 17.4. The molecule has 3 aromatic rings. The van der Waals surface area contributed by atoms with Crippen molar-refractivity contribution in [1.82, 2.24) is 29.9 Å². The number of hydrogen-bond donors (Lipinski definition) is 3. The summed E-state index contributed by atoms with van der Waals surface area (Å²) in [4.78, 5) is 48.7. The second kappa shape index (κ2) is 14.8. The number of pyridine rings is 1. The largest absolute Gasteiger partial charge is 0.465 e. The van der Waals surface area contributed by atoms with E-state index in [1.807, 2.05) is 77.8 Å². The van der Waals surface area contributed by atoms with Crippen LogP contribution in [0.25, 0.3) is 11.1 Å². The van der Waals surface area contributed by atoms with Crippen molar-refractivity contribution in [2.45, 2.75) is 97.9 Å². The van der Waals surface area contributed by atoms with Crippen molar-refractivity contribution in [3.63, 3.8) is 0 Å². The number of H-pyrrole nitrogens is 1. The van der Waals surface area contributed by atoms with E-state index in [1.165, 1.54) is 0 Å². The highest BCUT2D eigenvalue weighted by Crippen LogP contribution is 2.44. The smallest absolute Gasteiger partial charge is 0.409 e. The summed E-state index contributed by atoms with van der Waals surface area (Å²) in [6.45, 7) is 16.4. The summed E-state index contributed by atoms with van der Waals surface area (Å²) in [6, 6.07) is 5.83. The topological polar surface area (TPSA) is 136 Å². The van der Waals surface area contributed by atoms with Gasteiger partial charge in [0.1, 0.15) is 5.66 Å². The van der Waals surface area contributed by atoms with Crippen LogP contribution in [0.5, 0.6) is 0 Å². The first-order valence-corrected chi connectivity index (χ1v) is 17.4. The molecule has 0 atom stereocenters. The molecule has 2 amide bonds. The number of aromatic nitrogens is 3. The van der Waals surface area contributed by atoms with E-state index < -0.39 is 17.3 Å². The molecule has 12 heteroatoms. The third-order valence-corrected chi connectivity index (χ3v) is 10.2. The zero-order chi connectivity index (χ0) is 35.5. The number of amides is 2. The van der Waals surface area contributed by atoms with Crippen LogP contribution >= 0.6 is 0 Å². The van der Waals surface area contributed by atoms with Crippen LogP contribution in [0.1, 0.15) is 85.6 Å². The van der Waals surface area contributed by atoms with E-state index in [0.29, 0.717) is 24.0 Å². The van der Waals surface area contributed by atoms with Gasteiger partial charge in [0, 0.05) is 73.0 Å². The van der Waals surface area contributed by atoms with Crippen molar-refractivity contribution in [3.8, 4) is 11.1 Å². The zero-order valence-corrected chi connectivity index (χ0v) is 30.2. The Kier molecular flexibility index (Phi) is 10.9. The van der Waals surface area contributed by atoms with E-state index in [-0.39, 0.29) is 18.0 Å². The summed E-state index contributed by atoms with van der Waals surface area (Å²) < 4.78 is 7.41. The quantitative estimate of drug-likeness (QED) is 0.247. The average Bonchev–Trinajstić information content (AvgIpc) is 3.52. The van der Waals surface area contributed by atoms with Gasteiger partial charge in [-0.15, -0.1) is 0 Å². The Morgan fingerprint density at radius 3 is 2.37 bits per heavy atom. The molecule has 49 heavy (non-hydrogen) atoms. The van der Waals surface area contributed by atoms with Crippen molar-refractivity contribution in [2.75, 3.05) is 44.8 Å². The summed E-state index contributed by atoms with van der Waals surface area (Å²) in [5, 5.41) is 18.3. The minimum Gasteiger partial charge on any atom is -0.465 e. The van der Waals surface area contributed by atoms with Crippen LogP contribution in [0, 0.1) is 20.8 Å². The number of nitrogens with zero attached hydrogens (tertiary/aromatic N) is 5. The summed E-state index contributed by atoms with van der Waals surface area (Å²) in [5.74, 6) is -0.309. The van der Waals surface area contributed by atoms with Gasteiger partial charge in [0.25, 0.3) is 11.5 Å². The van der Waals surface area contributed by atoms with Crippen molar-refractivity contribution < 1.29 is 19.4 Å². The fourth-order valence-corrected chi connectivity index (χ4v) is 7.66. The maximum Gasteiger partial charge on any atom is 0.409 e. The highest BCUT2D eigenvalue weighted by atomic mass is 16.5. The van der Waals surface area contributed by atoms with Crippen LogP contribution in [-0.2, 0) is 17.8 Å². The predicted octanol–water partition coefficient (Wildman–Crippen LogP) is 5.30. The standard InChI is InChI=1S/C37H53N7O5/c1-25-19-26(2)40-34(46)31(25)23-38-33(45)30-20-28(29-22-39-43(24-29)14-13-42-15-17-49-18-16-42)21-32(27(30)3)41(7)37(11-9-8-10-12-37)44(35(47)48)36(4,5)6/h19-22,24H,8-18,23H2,1-7H3,(H,38,45)(H,40,46)(H,47,48). The molecule has 2 aromatic heterocycles. The van der Waals surface area contributed by atoms with Gasteiger partial charge < -0.3 is 25.0 Å². The molecular weight excluding hydrogens is 622 g/mol. The van der Waals surface area contributed by atoms with E-state index in [2.05, 4.69) is 31.3 Å². The molecule has 0 unspecified atom stereocenters. The lowest BCUT2D eigenvalue weighted by Crippen LogP contribution is -2.67. The zero-order valence-electron chi connectivity index (χ0n) is 30.2. The van der Waals surface area contributed by atoms with Gasteiger partial charge >= 0.3 is 6.09 Å². The van der Waals surface area contributed by atoms with Gasteiger partial charge in [0.05, 0.1) is 26.0 Å². The Hall–Kier alpha value is -4.16. The molecule has 0 spiro atoms. The number of carboxylic acid groups (broad SMARTS) is 1. The van der Waals surface area contributed by atoms with Crippen molar-refractivity contribution >= 4 is 17.7 Å². The van der Waals surface area contributed by atoms with Gasteiger partial charge in [-0.05, 0) is 102 Å². The molecule has 0 radical (unpaired) electrons. The van der Waals surface area contributed by atoms with Gasteiger partial charge in [0.15, 0.2) is 0 Å². The van der Waals surface area contributed by atoms with Gasteiger partial charge in [0.2, 0.25) is 0 Å².